The van der Waals surface area contributed by atoms with Gasteiger partial charge in [0.05, 0.1) is 11.2 Å². The van der Waals surface area contributed by atoms with Crippen LogP contribution in [-0.4, -0.2) is 15.0 Å². The molecule has 11 heavy (non-hydrogen) atoms. The van der Waals surface area contributed by atoms with E-state index in [0.29, 0.717) is 0 Å². The van der Waals surface area contributed by atoms with Gasteiger partial charge in [0.15, 0.2) is 6.33 Å². The van der Waals surface area contributed by atoms with Crippen molar-refractivity contribution in [3.8, 4) is 11.3 Å². The van der Waals surface area contributed by atoms with E-state index in [2.05, 4.69) is 21.3 Å². The largest absolute Gasteiger partial charge is 0.245 e. The maximum atomic E-state index is 4.11. The zero-order chi connectivity index (χ0) is 7.52. The number of thiazole rings is 1. The van der Waals surface area contributed by atoms with Crippen molar-refractivity contribution in [1.29, 1.82) is 0 Å². The van der Waals surface area contributed by atoms with E-state index in [4.69, 9.17) is 0 Å². The van der Waals surface area contributed by atoms with Gasteiger partial charge < -0.3 is 0 Å². The average Bonchev–Trinajstić information content (AvgIpc) is 2.58. The Morgan fingerprint density at radius 3 is 2.73 bits per heavy atom. The smallest absolute Gasteiger partial charge is 0.197 e. The average molecular weight is 162 g/mol. The first kappa shape index (κ1) is 6.42. The number of hydrogen-bond acceptors (Lipinski definition) is 4. The molecular formula is C7H4N3S. The third-order valence-electron chi connectivity index (χ3n) is 1.25. The lowest BCUT2D eigenvalue weighted by molar-refractivity contribution is 1.15. The van der Waals surface area contributed by atoms with Gasteiger partial charge in [-0.05, 0) is 0 Å². The standard InChI is InChI=1S/C7H4N3S/c1-6(2-9-4-8-1)7-3-11-5-10-7/h1-3,5H. The predicted octanol–water partition coefficient (Wildman–Crippen LogP) is 1.40. The molecule has 1 radical (unpaired) electrons. The molecule has 3 nitrogen and oxygen atoms in total. The molecule has 0 atom stereocenters. The monoisotopic (exact) mass is 162 g/mol. The second kappa shape index (κ2) is 2.75. The van der Waals surface area contributed by atoms with Gasteiger partial charge in [-0.2, -0.15) is 0 Å². The first-order valence-corrected chi connectivity index (χ1v) is 3.98. The van der Waals surface area contributed by atoms with Crippen molar-refractivity contribution in [2.45, 2.75) is 0 Å². The molecule has 0 unspecified atom stereocenters. The number of nitrogens with zero attached hydrogens (tertiary/aromatic N) is 3. The summed E-state index contributed by atoms with van der Waals surface area (Å²) in [6.45, 7) is 0. The Bertz CT molecular complexity index is 317. The fourth-order valence-corrected chi connectivity index (χ4v) is 1.31. The molecule has 0 aliphatic carbocycles. The molecule has 4 heteroatoms. The molecule has 2 aromatic heterocycles. The Hall–Kier alpha value is -1.29. The number of hydrogen-bond donors (Lipinski definition) is 0. The SMILES string of the molecule is [c]1ncc(-c2cscn2)cn1. The molecule has 0 aromatic carbocycles. The maximum absolute atomic E-state index is 4.11. The van der Waals surface area contributed by atoms with E-state index in [1.807, 2.05) is 5.38 Å². The van der Waals surface area contributed by atoms with Crippen molar-refractivity contribution < 1.29 is 0 Å². The van der Waals surface area contributed by atoms with Crippen LogP contribution in [0.1, 0.15) is 0 Å². The second-order valence-electron chi connectivity index (χ2n) is 1.95. The van der Waals surface area contributed by atoms with Crippen LogP contribution in [-0.2, 0) is 0 Å². The highest BCUT2D eigenvalue weighted by Crippen LogP contribution is 2.15. The van der Waals surface area contributed by atoms with Crippen LogP contribution in [0.4, 0.5) is 0 Å². The van der Waals surface area contributed by atoms with Crippen LogP contribution in [0.5, 0.6) is 0 Å². The normalized spacial score (nSPS) is 9.82. The van der Waals surface area contributed by atoms with E-state index in [9.17, 15) is 0 Å². The number of rotatable bonds is 1. The molecule has 0 N–H and O–H groups in total. The minimum Gasteiger partial charge on any atom is -0.245 e. The van der Waals surface area contributed by atoms with Crippen molar-refractivity contribution in [3.63, 3.8) is 0 Å². The zero-order valence-corrected chi connectivity index (χ0v) is 6.38. The molecule has 0 saturated heterocycles. The van der Waals surface area contributed by atoms with Crippen molar-refractivity contribution >= 4 is 11.3 Å². The zero-order valence-electron chi connectivity index (χ0n) is 5.56. The van der Waals surface area contributed by atoms with Gasteiger partial charge in [0.25, 0.3) is 0 Å². The third-order valence-corrected chi connectivity index (χ3v) is 1.84. The van der Waals surface area contributed by atoms with E-state index in [-0.39, 0.29) is 0 Å². The first-order valence-electron chi connectivity index (χ1n) is 3.03. The molecule has 0 saturated carbocycles. The van der Waals surface area contributed by atoms with E-state index in [1.54, 1.807) is 29.2 Å². The van der Waals surface area contributed by atoms with Crippen molar-refractivity contribution in [2.24, 2.45) is 0 Å². The molecule has 2 heterocycles. The van der Waals surface area contributed by atoms with Gasteiger partial charge in [0, 0.05) is 23.3 Å². The highest BCUT2D eigenvalue weighted by atomic mass is 32.1. The van der Waals surface area contributed by atoms with E-state index in [1.165, 1.54) is 0 Å². The Morgan fingerprint density at radius 2 is 2.09 bits per heavy atom. The summed E-state index contributed by atoms with van der Waals surface area (Å²) in [5.74, 6) is 0. The minimum atomic E-state index is 0.920. The molecule has 53 valence electrons. The summed E-state index contributed by atoms with van der Waals surface area (Å²) in [4.78, 5) is 11.6. The lowest BCUT2D eigenvalue weighted by Gasteiger charge is -1.90. The molecule has 0 amide bonds. The Kier molecular flexibility index (Phi) is 1.61. The molecule has 0 spiro atoms. The quantitative estimate of drug-likeness (QED) is 0.636. The molecule has 0 fully saturated rings. The van der Waals surface area contributed by atoms with Crippen LogP contribution in [0.3, 0.4) is 0 Å². The van der Waals surface area contributed by atoms with Gasteiger partial charge >= 0.3 is 0 Å². The summed E-state index contributed by atoms with van der Waals surface area (Å²) in [7, 11) is 0. The third kappa shape index (κ3) is 1.25. The van der Waals surface area contributed by atoms with Crippen molar-refractivity contribution in [3.05, 3.63) is 29.6 Å². The Balaban J connectivity index is 2.46. The maximum Gasteiger partial charge on any atom is 0.197 e. The van der Waals surface area contributed by atoms with E-state index >= 15 is 0 Å². The Morgan fingerprint density at radius 1 is 1.27 bits per heavy atom. The molecule has 2 rings (SSSR count). The first-order chi connectivity index (χ1) is 5.47. The summed E-state index contributed by atoms with van der Waals surface area (Å²) in [5.41, 5.74) is 3.64. The molecule has 0 aliphatic heterocycles. The summed E-state index contributed by atoms with van der Waals surface area (Å²) >= 11 is 1.56. The fraction of sp³-hybridized carbons (Fsp3) is 0. The highest BCUT2D eigenvalue weighted by Gasteiger charge is 1.97. The molecule has 0 aliphatic rings. The van der Waals surface area contributed by atoms with Crippen LogP contribution in [0.15, 0.2) is 23.3 Å². The number of aromatic nitrogens is 3. The molecule has 0 bridgehead atoms. The van der Waals surface area contributed by atoms with Crippen LogP contribution in [0.2, 0.25) is 0 Å². The van der Waals surface area contributed by atoms with Crippen molar-refractivity contribution in [2.75, 3.05) is 0 Å². The second-order valence-corrected chi connectivity index (χ2v) is 2.66. The van der Waals surface area contributed by atoms with Crippen LogP contribution in [0.25, 0.3) is 11.3 Å². The fourth-order valence-electron chi connectivity index (χ4n) is 0.751. The van der Waals surface area contributed by atoms with Gasteiger partial charge in [0.1, 0.15) is 0 Å². The minimum absolute atomic E-state index is 0.920. The van der Waals surface area contributed by atoms with Gasteiger partial charge in [-0.3, -0.25) is 0 Å². The highest BCUT2D eigenvalue weighted by molar-refractivity contribution is 7.07. The summed E-state index contributed by atoms with van der Waals surface area (Å²) in [6.07, 6.45) is 5.86. The Labute approximate surface area is 67.8 Å². The van der Waals surface area contributed by atoms with Crippen LogP contribution in [0, 0.1) is 6.33 Å². The molecule has 2 aromatic rings. The topological polar surface area (TPSA) is 38.7 Å². The van der Waals surface area contributed by atoms with Gasteiger partial charge in [-0.25, -0.2) is 15.0 Å². The lowest BCUT2D eigenvalue weighted by atomic mass is 10.3. The van der Waals surface area contributed by atoms with E-state index in [0.717, 1.165) is 11.3 Å². The van der Waals surface area contributed by atoms with Crippen molar-refractivity contribution in [1.82, 2.24) is 15.0 Å². The van der Waals surface area contributed by atoms with Crippen LogP contribution >= 0.6 is 11.3 Å². The van der Waals surface area contributed by atoms with Gasteiger partial charge in [-0.15, -0.1) is 11.3 Å². The lowest BCUT2D eigenvalue weighted by Crippen LogP contribution is -1.80. The summed E-state index contributed by atoms with van der Waals surface area (Å²) in [5, 5.41) is 1.96. The molecular weight excluding hydrogens is 158 g/mol. The van der Waals surface area contributed by atoms with Gasteiger partial charge in [0.2, 0.25) is 0 Å². The predicted molar refractivity (Wildman–Crippen MR) is 42.0 cm³/mol. The van der Waals surface area contributed by atoms with E-state index < -0.39 is 0 Å². The summed E-state index contributed by atoms with van der Waals surface area (Å²) in [6, 6.07) is 0. The van der Waals surface area contributed by atoms with Gasteiger partial charge in [-0.1, -0.05) is 0 Å². The van der Waals surface area contributed by atoms with Crippen LogP contribution < -0.4 is 0 Å². The summed E-state index contributed by atoms with van der Waals surface area (Å²) < 4.78 is 0.